The highest BCUT2D eigenvalue weighted by Crippen LogP contribution is 2.31. The van der Waals surface area contributed by atoms with E-state index in [9.17, 15) is 0 Å². The van der Waals surface area contributed by atoms with E-state index in [0.29, 0.717) is 0 Å². The van der Waals surface area contributed by atoms with E-state index in [2.05, 4.69) is 47.6 Å². The molecule has 2 aromatic carbocycles. The fraction of sp³-hybridized carbons (Fsp3) is 0.467. The first kappa shape index (κ1) is 23.0. The maximum Gasteiger partial charge on any atom is 0.0492 e. The van der Waals surface area contributed by atoms with Crippen LogP contribution >= 0.6 is 0 Å². The first-order valence-corrected chi connectivity index (χ1v) is 12.3. The van der Waals surface area contributed by atoms with Gasteiger partial charge in [-0.2, -0.15) is 0 Å². The summed E-state index contributed by atoms with van der Waals surface area (Å²) in [5.74, 6) is 5.53. The lowest BCUT2D eigenvalue weighted by molar-refractivity contribution is 0.533. The molecule has 0 aliphatic rings. The summed E-state index contributed by atoms with van der Waals surface area (Å²) >= 11 is 0. The van der Waals surface area contributed by atoms with Crippen LogP contribution in [0.25, 0.3) is 21.8 Å². The van der Waals surface area contributed by atoms with Gasteiger partial charge in [-0.3, -0.25) is 0 Å². The fourth-order valence-electron chi connectivity index (χ4n) is 4.64. The van der Waals surface area contributed by atoms with Gasteiger partial charge in [0.1, 0.15) is 0 Å². The van der Waals surface area contributed by atoms with Gasteiger partial charge in [-0.05, 0) is 42.8 Å². The number of aryl methyl sites for hydroxylation is 1. The lowest BCUT2D eigenvalue weighted by Crippen LogP contribution is -1.98. The van der Waals surface area contributed by atoms with Gasteiger partial charge in [0.15, 0.2) is 0 Å². The second-order valence-electron chi connectivity index (χ2n) is 8.79. The predicted molar refractivity (Wildman–Crippen MR) is 136 cm³/mol. The minimum atomic E-state index is 0.919. The smallest absolute Gasteiger partial charge is 0.0492 e. The molecular formula is C30H37N. The van der Waals surface area contributed by atoms with Gasteiger partial charge in [0, 0.05) is 39.5 Å². The topological polar surface area (TPSA) is 4.93 Å². The van der Waals surface area contributed by atoms with Crippen molar-refractivity contribution >= 4 is 21.8 Å². The Kier molecular flexibility index (Phi) is 9.12. The first-order chi connectivity index (χ1) is 15.3. The molecule has 3 rings (SSSR count). The van der Waals surface area contributed by atoms with Crippen LogP contribution in [0, 0.1) is 24.7 Å². The zero-order valence-electron chi connectivity index (χ0n) is 19.3. The van der Waals surface area contributed by atoms with Crippen molar-refractivity contribution in [2.24, 2.45) is 0 Å². The van der Waals surface area contributed by atoms with Crippen molar-refractivity contribution in [2.75, 3.05) is 0 Å². The molecule has 1 aromatic heterocycles. The minimum Gasteiger partial charge on any atom is -0.340 e. The summed E-state index contributed by atoms with van der Waals surface area (Å²) in [6, 6.07) is 12.7. The summed E-state index contributed by atoms with van der Waals surface area (Å²) in [5.41, 5.74) is 4.35. The maximum absolute atomic E-state index is 5.64. The molecule has 0 aliphatic heterocycles. The second kappa shape index (κ2) is 12.3. The van der Waals surface area contributed by atoms with Gasteiger partial charge in [0.25, 0.3) is 0 Å². The third-order valence-electron chi connectivity index (χ3n) is 6.43. The molecular weight excluding hydrogens is 374 g/mol. The average Bonchev–Trinajstić information content (AvgIpc) is 3.11. The van der Waals surface area contributed by atoms with Crippen molar-refractivity contribution in [2.45, 2.75) is 90.5 Å². The van der Waals surface area contributed by atoms with Crippen LogP contribution in [0.5, 0.6) is 0 Å². The van der Waals surface area contributed by atoms with Crippen LogP contribution in [-0.2, 0) is 6.54 Å². The van der Waals surface area contributed by atoms with E-state index < -0.39 is 0 Å². The standard InChI is InChI=1S/C30H37N/c1-4-7-8-9-10-11-12-13-14-15-16-17-22-31-29-20-18-25(5-2)23-27(29)28-24-26(6-3)19-21-30(28)31/h2-3,18-21,23-24H,4,7-17,22H2,1H3. The van der Waals surface area contributed by atoms with Crippen LogP contribution in [0.4, 0.5) is 0 Å². The lowest BCUT2D eigenvalue weighted by atomic mass is 10.1. The molecule has 0 amide bonds. The Morgan fingerprint density at radius 3 is 1.45 bits per heavy atom. The Morgan fingerprint density at radius 2 is 1.03 bits per heavy atom. The normalized spacial score (nSPS) is 11.1. The number of aromatic nitrogens is 1. The molecule has 31 heavy (non-hydrogen) atoms. The summed E-state index contributed by atoms with van der Waals surface area (Å²) in [6.07, 6.45) is 27.8. The molecule has 0 fully saturated rings. The Balaban J connectivity index is 1.51. The Bertz CT molecular complexity index is 983. The van der Waals surface area contributed by atoms with Crippen molar-refractivity contribution < 1.29 is 0 Å². The molecule has 162 valence electrons. The van der Waals surface area contributed by atoms with Gasteiger partial charge in [-0.15, -0.1) is 12.8 Å². The van der Waals surface area contributed by atoms with Crippen LogP contribution in [0.2, 0.25) is 0 Å². The number of rotatable bonds is 13. The molecule has 0 saturated carbocycles. The van der Waals surface area contributed by atoms with Gasteiger partial charge >= 0.3 is 0 Å². The number of terminal acetylenes is 2. The molecule has 0 unspecified atom stereocenters. The van der Waals surface area contributed by atoms with Crippen LogP contribution < -0.4 is 0 Å². The van der Waals surface area contributed by atoms with Gasteiger partial charge < -0.3 is 4.57 Å². The molecule has 0 saturated heterocycles. The summed E-state index contributed by atoms with van der Waals surface area (Å²) < 4.78 is 2.45. The number of nitrogens with zero attached hydrogens (tertiary/aromatic N) is 1. The number of benzene rings is 2. The molecule has 0 spiro atoms. The van der Waals surface area contributed by atoms with Gasteiger partial charge in [-0.25, -0.2) is 0 Å². The predicted octanol–water partition coefficient (Wildman–Crippen LogP) is 8.46. The molecule has 0 bridgehead atoms. The Hall–Kier alpha value is -2.64. The molecule has 0 N–H and O–H groups in total. The number of hydrogen-bond donors (Lipinski definition) is 0. The van der Waals surface area contributed by atoms with E-state index in [-0.39, 0.29) is 0 Å². The van der Waals surface area contributed by atoms with E-state index in [1.165, 1.54) is 98.9 Å². The van der Waals surface area contributed by atoms with Gasteiger partial charge in [0.05, 0.1) is 0 Å². The summed E-state index contributed by atoms with van der Waals surface area (Å²) in [6.45, 7) is 3.33. The van der Waals surface area contributed by atoms with E-state index in [4.69, 9.17) is 12.8 Å². The zero-order valence-corrected chi connectivity index (χ0v) is 19.3. The van der Waals surface area contributed by atoms with Gasteiger partial charge in [0.2, 0.25) is 0 Å². The third kappa shape index (κ3) is 6.18. The highest BCUT2D eigenvalue weighted by molar-refractivity contribution is 6.08. The molecule has 0 radical (unpaired) electrons. The quantitative estimate of drug-likeness (QED) is 0.196. The number of fused-ring (bicyclic) bond motifs is 3. The van der Waals surface area contributed by atoms with E-state index in [1.807, 2.05) is 12.1 Å². The summed E-state index contributed by atoms with van der Waals surface area (Å²) in [5, 5.41) is 2.42. The molecule has 1 nitrogen and oxygen atoms in total. The monoisotopic (exact) mass is 411 g/mol. The van der Waals surface area contributed by atoms with E-state index in [1.54, 1.807) is 0 Å². The second-order valence-corrected chi connectivity index (χ2v) is 8.79. The Labute approximate surface area is 189 Å². The van der Waals surface area contributed by atoms with E-state index >= 15 is 0 Å². The SMILES string of the molecule is C#Cc1ccc2c(c1)c1cc(C#C)ccc1n2CCCCCCCCCCCCCC. The van der Waals surface area contributed by atoms with Crippen LogP contribution in [-0.4, -0.2) is 4.57 Å². The van der Waals surface area contributed by atoms with Gasteiger partial charge in [-0.1, -0.05) is 89.4 Å². The van der Waals surface area contributed by atoms with Crippen molar-refractivity contribution in [1.82, 2.24) is 4.57 Å². The highest BCUT2D eigenvalue weighted by Gasteiger charge is 2.11. The first-order valence-electron chi connectivity index (χ1n) is 12.3. The molecule has 0 aliphatic carbocycles. The van der Waals surface area contributed by atoms with Crippen molar-refractivity contribution in [3.8, 4) is 24.7 Å². The minimum absolute atomic E-state index is 0.919. The summed E-state index contributed by atoms with van der Waals surface area (Å²) in [7, 11) is 0. The van der Waals surface area contributed by atoms with Crippen molar-refractivity contribution in [3.05, 3.63) is 47.5 Å². The number of hydrogen-bond acceptors (Lipinski definition) is 0. The summed E-state index contributed by atoms with van der Waals surface area (Å²) in [4.78, 5) is 0. The van der Waals surface area contributed by atoms with Crippen LogP contribution in [0.3, 0.4) is 0 Å². The average molecular weight is 412 g/mol. The van der Waals surface area contributed by atoms with Crippen LogP contribution in [0.1, 0.15) is 95.1 Å². The zero-order chi connectivity index (χ0) is 21.9. The van der Waals surface area contributed by atoms with E-state index in [0.717, 1.165) is 17.7 Å². The Morgan fingerprint density at radius 1 is 0.613 bits per heavy atom. The maximum atomic E-state index is 5.64. The molecule has 1 heterocycles. The fourth-order valence-corrected chi connectivity index (χ4v) is 4.64. The van der Waals surface area contributed by atoms with Crippen LogP contribution in [0.15, 0.2) is 36.4 Å². The van der Waals surface area contributed by atoms with Crippen molar-refractivity contribution in [3.63, 3.8) is 0 Å². The molecule has 1 heteroatoms. The number of unbranched alkanes of at least 4 members (excludes halogenated alkanes) is 11. The van der Waals surface area contributed by atoms with Crippen molar-refractivity contribution in [1.29, 1.82) is 0 Å². The largest absolute Gasteiger partial charge is 0.340 e. The third-order valence-corrected chi connectivity index (χ3v) is 6.43. The molecule has 0 atom stereocenters. The molecule has 3 aromatic rings. The lowest BCUT2D eigenvalue weighted by Gasteiger charge is -2.08. The highest BCUT2D eigenvalue weighted by atomic mass is 15.0.